The zero-order valence-corrected chi connectivity index (χ0v) is 13.0. The highest BCUT2D eigenvalue weighted by Gasteiger charge is 2.24. The first kappa shape index (κ1) is 15.1. The Morgan fingerprint density at radius 1 is 1.09 bits per heavy atom. The summed E-state index contributed by atoms with van der Waals surface area (Å²) < 4.78 is 0. The molecule has 1 aliphatic heterocycles. The topological polar surface area (TPSA) is 61.4 Å². The normalized spacial score (nSPS) is 12.7. The van der Waals surface area contributed by atoms with Crippen LogP contribution in [0.5, 0.6) is 0 Å². The lowest BCUT2D eigenvalue weighted by atomic mass is 10.2. The number of carbonyl (C=O) groups excluding carboxylic acids is 2. The second-order valence-electron chi connectivity index (χ2n) is 5.55. The minimum absolute atomic E-state index is 0.0218. The second kappa shape index (κ2) is 6.52. The standard InChI is InChI=1S/C18H19N3O2/c1-13-6-2-4-8-15(13)20-18(23)19-12-17(22)21-11-10-14-7-3-5-9-16(14)21/h2-9H,10-12H2,1H3,(H2,19,20,23). The molecule has 0 unspecified atom stereocenters. The van der Waals surface area contributed by atoms with Crippen molar-refractivity contribution in [2.75, 3.05) is 23.3 Å². The van der Waals surface area contributed by atoms with Gasteiger partial charge in [-0.3, -0.25) is 4.79 Å². The predicted octanol–water partition coefficient (Wildman–Crippen LogP) is 2.71. The molecule has 2 aromatic rings. The van der Waals surface area contributed by atoms with Crippen LogP contribution in [0.4, 0.5) is 16.2 Å². The summed E-state index contributed by atoms with van der Waals surface area (Å²) in [7, 11) is 0. The van der Waals surface area contributed by atoms with Crippen molar-refractivity contribution in [3.8, 4) is 0 Å². The zero-order valence-electron chi connectivity index (χ0n) is 13.0. The summed E-state index contributed by atoms with van der Waals surface area (Å²) >= 11 is 0. The molecule has 0 bridgehead atoms. The summed E-state index contributed by atoms with van der Waals surface area (Å²) in [6.45, 7) is 2.56. The highest BCUT2D eigenvalue weighted by atomic mass is 16.2. The van der Waals surface area contributed by atoms with Crippen LogP contribution in [0.1, 0.15) is 11.1 Å². The summed E-state index contributed by atoms with van der Waals surface area (Å²) in [6.07, 6.45) is 0.858. The molecule has 5 heteroatoms. The van der Waals surface area contributed by atoms with E-state index in [2.05, 4.69) is 10.6 Å². The summed E-state index contributed by atoms with van der Waals surface area (Å²) in [6, 6.07) is 15.0. The Morgan fingerprint density at radius 2 is 1.83 bits per heavy atom. The van der Waals surface area contributed by atoms with E-state index in [1.165, 1.54) is 5.56 Å². The summed E-state index contributed by atoms with van der Waals surface area (Å²) in [5.74, 6) is -0.102. The highest BCUT2D eigenvalue weighted by molar-refractivity contribution is 5.99. The average molecular weight is 309 g/mol. The molecule has 3 rings (SSSR count). The molecular weight excluding hydrogens is 290 g/mol. The fourth-order valence-corrected chi connectivity index (χ4v) is 2.73. The number of nitrogens with one attached hydrogen (secondary N) is 2. The third-order valence-electron chi connectivity index (χ3n) is 3.98. The van der Waals surface area contributed by atoms with Gasteiger partial charge in [0, 0.05) is 17.9 Å². The van der Waals surface area contributed by atoms with Crippen LogP contribution in [0.3, 0.4) is 0 Å². The third kappa shape index (κ3) is 3.34. The number of nitrogens with zero attached hydrogens (tertiary/aromatic N) is 1. The number of carbonyl (C=O) groups is 2. The summed E-state index contributed by atoms with van der Waals surface area (Å²) in [5.41, 5.74) is 3.83. The maximum absolute atomic E-state index is 12.3. The van der Waals surface area contributed by atoms with E-state index in [0.717, 1.165) is 23.4 Å². The van der Waals surface area contributed by atoms with Crippen LogP contribution in [0, 0.1) is 6.92 Å². The molecule has 1 heterocycles. The van der Waals surface area contributed by atoms with Gasteiger partial charge in [0.1, 0.15) is 0 Å². The number of urea groups is 1. The molecule has 0 saturated heterocycles. The molecule has 0 saturated carbocycles. The first-order valence-electron chi connectivity index (χ1n) is 7.64. The number of rotatable bonds is 3. The van der Waals surface area contributed by atoms with Gasteiger partial charge in [-0.25, -0.2) is 4.79 Å². The van der Waals surface area contributed by atoms with E-state index >= 15 is 0 Å². The van der Waals surface area contributed by atoms with Crippen LogP contribution in [-0.4, -0.2) is 25.0 Å². The average Bonchev–Trinajstić information content (AvgIpc) is 2.99. The highest BCUT2D eigenvalue weighted by Crippen LogP contribution is 2.27. The first-order valence-corrected chi connectivity index (χ1v) is 7.64. The van der Waals surface area contributed by atoms with Gasteiger partial charge in [-0.2, -0.15) is 0 Å². The van der Waals surface area contributed by atoms with Crippen LogP contribution in [0.25, 0.3) is 0 Å². The van der Waals surface area contributed by atoms with E-state index in [1.54, 1.807) is 4.90 Å². The molecular formula is C18H19N3O2. The number of hydrogen-bond donors (Lipinski definition) is 2. The SMILES string of the molecule is Cc1ccccc1NC(=O)NCC(=O)N1CCc2ccccc21. The van der Waals surface area contributed by atoms with Gasteiger partial charge in [0.25, 0.3) is 0 Å². The molecule has 5 nitrogen and oxygen atoms in total. The molecule has 3 amide bonds. The number of amides is 3. The number of hydrogen-bond acceptors (Lipinski definition) is 2. The van der Waals surface area contributed by atoms with Gasteiger partial charge in [0.2, 0.25) is 5.91 Å². The molecule has 0 atom stereocenters. The van der Waals surface area contributed by atoms with Crippen LogP contribution in [0.15, 0.2) is 48.5 Å². The van der Waals surface area contributed by atoms with Crippen molar-refractivity contribution in [3.05, 3.63) is 59.7 Å². The Hall–Kier alpha value is -2.82. The Bertz CT molecular complexity index is 743. The fraction of sp³-hybridized carbons (Fsp3) is 0.222. The van der Waals surface area contributed by atoms with Crippen molar-refractivity contribution in [2.45, 2.75) is 13.3 Å². The Balaban J connectivity index is 1.56. The summed E-state index contributed by atoms with van der Waals surface area (Å²) in [4.78, 5) is 26.0. The number of para-hydroxylation sites is 2. The van der Waals surface area contributed by atoms with E-state index in [-0.39, 0.29) is 18.5 Å². The quantitative estimate of drug-likeness (QED) is 0.916. The van der Waals surface area contributed by atoms with Gasteiger partial charge >= 0.3 is 6.03 Å². The van der Waals surface area contributed by atoms with Crippen LogP contribution < -0.4 is 15.5 Å². The van der Waals surface area contributed by atoms with Crippen molar-refractivity contribution in [1.82, 2.24) is 5.32 Å². The van der Waals surface area contributed by atoms with Crippen molar-refractivity contribution in [1.29, 1.82) is 0 Å². The van der Waals surface area contributed by atoms with E-state index in [0.29, 0.717) is 6.54 Å². The lowest BCUT2D eigenvalue weighted by Gasteiger charge is -2.18. The number of fused-ring (bicyclic) bond motifs is 1. The Labute approximate surface area is 135 Å². The largest absolute Gasteiger partial charge is 0.329 e. The first-order chi connectivity index (χ1) is 11.1. The second-order valence-corrected chi connectivity index (χ2v) is 5.55. The van der Waals surface area contributed by atoms with Gasteiger partial charge in [0.15, 0.2) is 0 Å². The van der Waals surface area contributed by atoms with Crippen molar-refractivity contribution >= 4 is 23.3 Å². The summed E-state index contributed by atoms with van der Waals surface area (Å²) in [5, 5.41) is 5.38. The van der Waals surface area contributed by atoms with Crippen LogP contribution in [-0.2, 0) is 11.2 Å². The molecule has 2 N–H and O–H groups in total. The lowest BCUT2D eigenvalue weighted by Crippen LogP contribution is -2.41. The van der Waals surface area contributed by atoms with Gasteiger partial charge in [0.05, 0.1) is 6.54 Å². The monoisotopic (exact) mass is 309 g/mol. The van der Waals surface area contributed by atoms with Crippen LogP contribution in [0.2, 0.25) is 0 Å². The van der Waals surface area contributed by atoms with Crippen LogP contribution >= 0.6 is 0 Å². The predicted molar refractivity (Wildman–Crippen MR) is 90.7 cm³/mol. The van der Waals surface area contributed by atoms with E-state index in [1.807, 2.05) is 55.5 Å². The molecule has 0 spiro atoms. The molecule has 0 aliphatic carbocycles. The van der Waals surface area contributed by atoms with Gasteiger partial charge < -0.3 is 15.5 Å². The fourth-order valence-electron chi connectivity index (χ4n) is 2.73. The van der Waals surface area contributed by atoms with E-state index in [4.69, 9.17) is 0 Å². The molecule has 0 aromatic heterocycles. The molecule has 23 heavy (non-hydrogen) atoms. The zero-order chi connectivity index (χ0) is 16.2. The number of aryl methyl sites for hydroxylation is 1. The van der Waals surface area contributed by atoms with Crippen molar-refractivity contribution in [2.24, 2.45) is 0 Å². The molecule has 1 aliphatic rings. The lowest BCUT2D eigenvalue weighted by molar-refractivity contribution is -0.117. The molecule has 2 aromatic carbocycles. The van der Waals surface area contributed by atoms with E-state index in [9.17, 15) is 9.59 Å². The number of anilines is 2. The van der Waals surface area contributed by atoms with Crippen molar-refractivity contribution < 1.29 is 9.59 Å². The Kier molecular flexibility index (Phi) is 4.28. The third-order valence-corrected chi connectivity index (χ3v) is 3.98. The smallest absolute Gasteiger partial charge is 0.319 e. The minimum atomic E-state index is -0.375. The van der Waals surface area contributed by atoms with E-state index < -0.39 is 0 Å². The Morgan fingerprint density at radius 3 is 2.65 bits per heavy atom. The molecule has 0 fully saturated rings. The van der Waals surface area contributed by atoms with Gasteiger partial charge in [-0.05, 0) is 36.6 Å². The van der Waals surface area contributed by atoms with Crippen molar-refractivity contribution in [3.63, 3.8) is 0 Å². The molecule has 118 valence electrons. The maximum atomic E-state index is 12.3. The van der Waals surface area contributed by atoms with Gasteiger partial charge in [-0.1, -0.05) is 36.4 Å². The van der Waals surface area contributed by atoms with Gasteiger partial charge in [-0.15, -0.1) is 0 Å². The maximum Gasteiger partial charge on any atom is 0.319 e. The number of benzene rings is 2. The minimum Gasteiger partial charge on any atom is -0.329 e. The molecule has 0 radical (unpaired) electrons.